The Morgan fingerprint density at radius 2 is 0.734 bits per heavy atom. The first-order valence-electron chi connectivity index (χ1n) is 26.7. The van der Waals surface area contributed by atoms with Crippen molar-refractivity contribution in [3.05, 3.63) is 48.6 Å². The zero-order valence-electron chi connectivity index (χ0n) is 41.8. The van der Waals surface area contributed by atoms with Crippen LogP contribution in [0.25, 0.3) is 0 Å². The number of hydrogen-bond acceptors (Lipinski definition) is 6. The van der Waals surface area contributed by atoms with Gasteiger partial charge in [-0.1, -0.05) is 140 Å². The van der Waals surface area contributed by atoms with Crippen LogP contribution in [-0.2, 0) is 19.2 Å². The maximum atomic E-state index is 12.7. The lowest BCUT2D eigenvalue weighted by Gasteiger charge is -2.39. The van der Waals surface area contributed by atoms with E-state index in [1.807, 2.05) is 0 Å². The van der Waals surface area contributed by atoms with E-state index in [1.54, 1.807) is 0 Å². The minimum Gasteiger partial charge on any atom is -0.356 e. The van der Waals surface area contributed by atoms with Crippen LogP contribution in [0.2, 0.25) is 0 Å². The maximum absolute atomic E-state index is 12.7. The molecule has 370 valence electrons. The van der Waals surface area contributed by atoms with Crippen molar-refractivity contribution in [2.24, 2.45) is 11.5 Å². The van der Waals surface area contributed by atoms with E-state index in [0.717, 1.165) is 108 Å². The van der Waals surface area contributed by atoms with Crippen LogP contribution in [0.15, 0.2) is 48.6 Å². The highest BCUT2D eigenvalue weighted by atomic mass is 16.2. The van der Waals surface area contributed by atoms with Crippen LogP contribution >= 0.6 is 0 Å². The van der Waals surface area contributed by atoms with Gasteiger partial charge in [0.2, 0.25) is 11.8 Å². The molecular weight excluding hydrogens is 795 g/mol. The molecule has 0 heterocycles. The average molecular weight is 897 g/mol. The van der Waals surface area contributed by atoms with Crippen LogP contribution in [-0.4, -0.2) is 80.2 Å². The lowest BCUT2D eigenvalue weighted by atomic mass is 10.0. The number of rotatable bonds is 49. The molecule has 6 N–H and O–H groups in total. The minimum atomic E-state index is -0.0750. The average Bonchev–Trinajstić information content (AvgIpc) is 3.29. The highest BCUT2D eigenvalue weighted by Gasteiger charge is 2.26. The van der Waals surface area contributed by atoms with Gasteiger partial charge in [-0.3, -0.25) is 19.2 Å². The monoisotopic (exact) mass is 897 g/mol. The summed E-state index contributed by atoms with van der Waals surface area (Å²) in [7, 11) is 0. The number of allylic oxidation sites excluding steroid dienone is 8. The van der Waals surface area contributed by atoms with Gasteiger partial charge in [0.15, 0.2) is 0 Å². The van der Waals surface area contributed by atoms with Crippen molar-refractivity contribution in [2.75, 3.05) is 52.4 Å². The number of nitrogens with zero attached hydrogens (tertiary/aromatic N) is 1. The molecule has 2 amide bonds. The summed E-state index contributed by atoms with van der Waals surface area (Å²) in [5.74, 6) is 0.210. The third kappa shape index (κ3) is 43.0. The second-order valence-electron chi connectivity index (χ2n) is 18.3. The van der Waals surface area contributed by atoms with Crippen molar-refractivity contribution in [3.63, 3.8) is 0 Å². The number of amides is 2. The van der Waals surface area contributed by atoms with Gasteiger partial charge in [-0.25, -0.2) is 0 Å². The van der Waals surface area contributed by atoms with Gasteiger partial charge in [-0.2, -0.15) is 0 Å². The zero-order valence-corrected chi connectivity index (χ0v) is 41.8. The van der Waals surface area contributed by atoms with Crippen LogP contribution < -0.4 is 22.1 Å². The fourth-order valence-electron chi connectivity index (χ4n) is 8.15. The quantitative estimate of drug-likeness (QED) is 0.0272. The predicted molar refractivity (Wildman–Crippen MR) is 274 cm³/mol. The van der Waals surface area contributed by atoms with E-state index in [-0.39, 0.29) is 36.2 Å². The van der Waals surface area contributed by atoms with E-state index in [1.165, 1.54) is 96.3 Å². The molecule has 0 saturated heterocycles. The summed E-state index contributed by atoms with van der Waals surface area (Å²) in [5, 5.41) is 6.09. The summed E-state index contributed by atoms with van der Waals surface area (Å²) < 4.78 is 0.781. The van der Waals surface area contributed by atoms with Gasteiger partial charge in [0.05, 0.1) is 32.7 Å². The highest BCUT2D eigenvalue weighted by Crippen LogP contribution is 2.14. The van der Waals surface area contributed by atoms with E-state index >= 15 is 0 Å². The second-order valence-corrected chi connectivity index (χ2v) is 18.3. The van der Waals surface area contributed by atoms with Gasteiger partial charge in [0, 0.05) is 64.3 Å². The number of unbranched alkanes of at least 4 members (excludes halogenated alkanes) is 18. The molecule has 0 fully saturated rings. The number of nitrogens with one attached hydrogen (secondary N) is 2. The Kier molecular flexibility index (Phi) is 45.9. The summed E-state index contributed by atoms with van der Waals surface area (Å²) in [6.45, 7) is 10.1. The summed E-state index contributed by atoms with van der Waals surface area (Å²) in [4.78, 5) is 50.3. The first kappa shape index (κ1) is 61.1. The van der Waals surface area contributed by atoms with Crippen molar-refractivity contribution in [2.45, 2.75) is 226 Å². The predicted octanol–water partition coefficient (Wildman–Crippen LogP) is 12.2. The Morgan fingerprint density at radius 1 is 0.375 bits per heavy atom. The Balaban J connectivity index is 4.20. The van der Waals surface area contributed by atoms with Crippen LogP contribution in [0, 0.1) is 0 Å². The topological polar surface area (TPSA) is 144 Å². The van der Waals surface area contributed by atoms with Crippen molar-refractivity contribution in [1.29, 1.82) is 0 Å². The minimum absolute atomic E-state index is 0.0692. The summed E-state index contributed by atoms with van der Waals surface area (Å²) in [6, 6.07) is 0. The fourth-order valence-corrected chi connectivity index (χ4v) is 8.15. The molecule has 0 aliphatic carbocycles. The van der Waals surface area contributed by atoms with Crippen molar-refractivity contribution in [3.8, 4) is 0 Å². The number of quaternary nitrogens is 1. The third-order valence-corrected chi connectivity index (χ3v) is 12.3. The van der Waals surface area contributed by atoms with Crippen LogP contribution in [0.4, 0.5) is 0 Å². The Labute approximate surface area is 394 Å². The van der Waals surface area contributed by atoms with Crippen molar-refractivity contribution in [1.82, 2.24) is 10.6 Å². The number of Topliss-reactive ketones (excluding diaryl/α,β-unsaturated/α-hetero) is 2. The Bertz CT molecular complexity index is 1220. The van der Waals surface area contributed by atoms with Crippen LogP contribution in [0.3, 0.4) is 0 Å². The molecule has 0 unspecified atom stereocenters. The summed E-state index contributed by atoms with van der Waals surface area (Å²) in [5.41, 5.74) is 11.9. The van der Waals surface area contributed by atoms with E-state index < -0.39 is 0 Å². The summed E-state index contributed by atoms with van der Waals surface area (Å²) >= 11 is 0. The van der Waals surface area contributed by atoms with Crippen LogP contribution in [0.5, 0.6) is 0 Å². The molecular formula is C55H102N5O4+. The maximum Gasteiger partial charge on any atom is 0.220 e. The molecule has 0 aliphatic heterocycles. The largest absolute Gasteiger partial charge is 0.356 e. The molecule has 0 aromatic carbocycles. The lowest BCUT2D eigenvalue weighted by molar-refractivity contribution is -0.927. The SMILES string of the molecule is CCCCC/C=C\C/C=C\CCCCCCCCC(=O)CCC(=O)NCCC[N+](CCCN)(CCCN)CCNC(=O)CCC(=O)CCCCCCCC/C=C\C/C=C\CCCCC. The molecule has 9 heteroatoms. The second kappa shape index (κ2) is 48.1. The van der Waals surface area contributed by atoms with Gasteiger partial charge >= 0.3 is 0 Å². The van der Waals surface area contributed by atoms with Gasteiger partial charge in [0.1, 0.15) is 11.6 Å². The Morgan fingerprint density at radius 3 is 1.14 bits per heavy atom. The lowest BCUT2D eigenvalue weighted by Crippen LogP contribution is -2.54. The van der Waals surface area contributed by atoms with Crippen molar-refractivity contribution < 1.29 is 23.7 Å². The van der Waals surface area contributed by atoms with E-state index in [4.69, 9.17) is 11.5 Å². The zero-order chi connectivity index (χ0) is 46.9. The molecule has 0 aliphatic rings. The van der Waals surface area contributed by atoms with E-state index in [9.17, 15) is 19.2 Å². The first-order chi connectivity index (χ1) is 31.3. The molecule has 0 radical (unpaired) electrons. The van der Waals surface area contributed by atoms with Crippen molar-refractivity contribution >= 4 is 23.4 Å². The molecule has 0 atom stereocenters. The third-order valence-electron chi connectivity index (χ3n) is 12.3. The molecule has 0 bridgehead atoms. The first-order valence-corrected chi connectivity index (χ1v) is 26.7. The smallest absolute Gasteiger partial charge is 0.220 e. The van der Waals surface area contributed by atoms with Gasteiger partial charge in [-0.05, 0) is 90.1 Å². The molecule has 0 spiro atoms. The molecule has 0 aromatic heterocycles. The van der Waals surface area contributed by atoms with E-state index in [2.05, 4.69) is 73.1 Å². The number of ketones is 2. The van der Waals surface area contributed by atoms with Gasteiger partial charge < -0.3 is 26.6 Å². The molecule has 9 nitrogen and oxygen atoms in total. The Hall–Kier alpha value is -2.88. The summed E-state index contributed by atoms with van der Waals surface area (Å²) in [6.07, 6.45) is 51.3. The highest BCUT2D eigenvalue weighted by molar-refractivity contribution is 5.85. The standard InChI is InChI=1S/C55H101N5O4/c1-3-5-7-9-11-13-15-17-19-21-23-25-27-29-31-33-38-52(61)40-42-54(63)58-46-37-50-60(48-35-44-56,49-36-45-57)51-47-59-55(64)43-41-53(62)39-34-32-30-28-26-24-22-20-18-16-14-12-10-8-6-4-2/h11-14,17-20H,3-10,15-16,21-51,56-57H2,1-2H3,(H-,58,59,63,64)/p+1/b13-11-,14-12-,19-17-,20-18-. The molecule has 64 heavy (non-hydrogen) atoms. The number of carbonyl (C=O) groups excluding carboxylic acids is 4. The molecule has 0 rings (SSSR count). The number of nitrogens with two attached hydrogens (primary N) is 2. The number of hydrogen-bond donors (Lipinski definition) is 4. The molecule has 0 aromatic rings. The van der Waals surface area contributed by atoms with Gasteiger partial charge in [0.25, 0.3) is 0 Å². The van der Waals surface area contributed by atoms with E-state index in [0.29, 0.717) is 51.9 Å². The van der Waals surface area contributed by atoms with Gasteiger partial charge in [-0.15, -0.1) is 0 Å². The fraction of sp³-hybridized carbons (Fsp3) is 0.782. The normalized spacial score (nSPS) is 12.1. The molecule has 0 saturated carbocycles. The van der Waals surface area contributed by atoms with Crippen LogP contribution in [0.1, 0.15) is 226 Å². The number of carbonyl (C=O) groups is 4.